The molecule has 1 heterocycles. The highest BCUT2D eigenvalue weighted by Gasteiger charge is 2.22. The third-order valence-electron chi connectivity index (χ3n) is 4.46. The standard InChI is InChI=1S/C19H21BrN2O/c1-14(15-6-8-18(20)9-7-15)21-19(23)13-22-11-10-16-4-2-3-5-17(16)12-22/h2-9,14H,10-13H2,1H3,(H,21,23)/p+1/t14-/m0/s1. The second-order valence-corrected chi connectivity index (χ2v) is 7.13. The maximum absolute atomic E-state index is 12.3. The van der Waals surface area contributed by atoms with Gasteiger partial charge in [-0.25, -0.2) is 0 Å². The molecule has 1 amide bonds. The van der Waals surface area contributed by atoms with Gasteiger partial charge < -0.3 is 10.2 Å². The molecule has 23 heavy (non-hydrogen) atoms. The fourth-order valence-electron chi connectivity index (χ4n) is 3.15. The molecule has 4 heteroatoms. The molecule has 1 aliphatic heterocycles. The SMILES string of the molecule is C[C@H](NC(=O)C[NH+]1CCc2ccccc2C1)c1ccc(Br)cc1. The van der Waals surface area contributed by atoms with Crippen LogP contribution in [0.1, 0.15) is 29.7 Å². The van der Waals surface area contributed by atoms with Crippen LogP contribution in [0.5, 0.6) is 0 Å². The summed E-state index contributed by atoms with van der Waals surface area (Å²) in [4.78, 5) is 13.7. The predicted molar refractivity (Wildman–Crippen MR) is 95.2 cm³/mol. The van der Waals surface area contributed by atoms with Crippen LogP contribution in [0, 0.1) is 0 Å². The molecular formula is C19H22BrN2O+. The van der Waals surface area contributed by atoms with E-state index in [2.05, 4.69) is 45.5 Å². The number of nitrogens with one attached hydrogen (secondary N) is 2. The van der Waals surface area contributed by atoms with Gasteiger partial charge in [0.2, 0.25) is 0 Å². The van der Waals surface area contributed by atoms with Gasteiger partial charge >= 0.3 is 0 Å². The quantitative estimate of drug-likeness (QED) is 0.846. The lowest BCUT2D eigenvalue weighted by atomic mass is 10.00. The van der Waals surface area contributed by atoms with E-state index < -0.39 is 0 Å². The Morgan fingerprint density at radius 2 is 1.87 bits per heavy atom. The third kappa shape index (κ3) is 4.21. The number of carbonyl (C=O) groups excluding carboxylic acids is 1. The van der Waals surface area contributed by atoms with Crippen molar-refractivity contribution >= 4 is 21.8 Å². The minimum absolute atomic E-state index is 0.0343. The highest BCUT2D eigenvalue weighted by Crippen LogP contribution is 2.16. The lowest BCUT2D eigenvalue weighted by Crippen LogP contribution is -3.12. The van der Waals surface area contributed by atoms with E-state index in [1.165, 1.54) is 16.0 Å². The Hall–Kier alpha value is -1.65. The van der Waals surface area contributed by atoms with Crippen molar-refractivity contribution in [3.8, 4) is 0 Å². The Morgan fingerprint density at radius 1 is 1.17 bits per heavy atom. The predicted octanol–water partition coefficient (Wildman–Crippen LogP) is 2.27. The first-order valence-corrected chi connectivity index (χ1v) is 8.86. The first-order valence-electron chi connectivity index (χ1n) is 8.07. The summed E-state index contributed by atoms with van der Waals surface area (Å²) in [6.45, 7) is 4.53. The summed E-state index contributed by atoms with van der Waals surface area (Å²) in [6.07, 6.45) is 1.06. The lowest BCUT2D eigenvalue weighted by molar-refractivity contribution is -0.908. The largest absolute Gasteiger partial charge is 0.345 e. The monoisotopic (exact) mass is 373 g/mol. The molecule has 2 atom stereocenters. The van der Waals surface area contributed by atoms with E-state index in [1.54, 1.807) is 0 Å². The number of hydrogen-bond acceptors (Lipinski definition) is 1. The van der Waals surface area contributed by atoms with Crippen molar-refractivity contribution in [1.82, 2.24) is 5.32 Å². The van der Waals surface area contributed by atoms with E-state index in [-0.39, 0.29) is 11.9 Å². The van der Waals surface area contributed by atoms with Crippen LogP contribution in [-0.2, 0) is 17.8 Å². The number of benzene rings is 2. The molecule has 120 valence electrons. The normalized spacial score (nSPS) is 18.1. The maximum atomic E-state index is 12.3. The number of rotatable bonds is 4. The number of hydrogen-bond donors (Lipinski definition) is 2. The van der Waals surface area contributed by atoms with Gasteiger partial charge in [0.15, 0.2) is 6.54 Å². The molecule has 3 nitrogen and oxygen atoms in total. The zero-order chi connectivity index (χ0) is 16.2. The number of quaternary nitrogens is 1. The van der Waals surface area contributed by atoms with E-state index >= 15 is 0 Å². The fraction of sp³-hybridized carbons (Fsp3) is 0.316. The van der Waals surface area contributed by atoms with E-state index in [0.717, 1.165) is 29.5 Å². The Labute approximate surface area is 145 Å². The van der Waals surface area contributed by atoms with Gasteiger partial charge in [0.05, 0.1) is 12.6 Å². The topological polar surface area (TPSA) is 33.5 Å². The third-order valence-corrected chi connectivity index (χ3v) is 4.99. The molecule has 0 spiro atoms. The molecule has 0 saturated carbocycles. The van der Waals surface area contributed by atoms with E-state index in [4.69, 9.17) is 0 Å². The average Bonchev–Trinajstić information content (AvgIpc) is 2.55. The minimum Gasteiger partial charge on any atom is -0.345 e. The van der Waals surface area contributed by atoms with Crippen molar-refractivity contribution in [3.05, 3.63) is 69.7 Å². The lowest BCUT2D eigenvalue weighted by Gasteiger charge is -2.26. The molecule has 2 aromatic carbocycles. The molecular weight excluding hydrogens is 352 g/mol. The summed E-state index contributed by atoms with van der Waals surface area (Å²) in [7, 11) is 0. The van der Waals surface area contributed by atoms with E-state index in [0.29, 0.717) is 6.54 Å². The minimum atomic E-state index is 0.0343. The molecule has 2 aromatic rings. The number of carbonyl (C=O) groups is 1. The summed E-state index contributed by atoms with van der Waals surface area (Å²) in [5.41, 5.74) is 3.93. The van der Waals surface area contributed by atoms with Gasteiger partial charge in [-0.3, -0.25) is 4.79 Å². The zero-order valence-corrected chi connectivity index (χ0v) is 14.9. The van der Waals surface area contributed by atoms with Crippen LogP contribution in [0.3, 0.4) is 0 Å². The smallest absolute Gasteiger partial charge is 0.275 e. The second kappa shape index (κ2) is 7.28. The van der Waals surface area contributed by atoms with Crippen molar-refractivity contribution in [1.29, 1.82) is 0 Å². The summed E-state index contributed by atoms with van der Waals surface area (Å²) in [5, 5.41) is 3.11. The van der Waals surface area contributed by atoms with E-state index in [1.807, 2.05) is 31.2 Å². The summed E-state index contributed by atoms with van der Waals surface area (Å²) >= 11 is 3.43. The average molecular weight is 374 g/mol. The summed E-state index contributed by atoms with van der Waals surface area (Å²) in [5.74, 6) is 0.120. The first-order chi connectivity index (χ1) is 11.1. The Morgan fingerprint density at radius 3 is 2.61 bits per heavy atom. The Kier molecular flexibility index (Phi) is 5.13. The van der Waals surface area contributed by atoms with Crippen molar-refractivity contribution in [2.75, 3.05) is 13.1 Å². The van der Waals surface area contributed by atoms with Gasteiger partial charge in [-0.05, 0) is 30.2 Å². The van der Waals surface area contributed by atoms with Gasteiger partial charge in [-0.1, -0.05) is 52.3 Å². The van der Waals surface area contributed by atoms with Crippen molar-refractivity contribution < 1.29 is 9.69 Å². The molecule has 0 fully saturated rings. The number of halogens is 1. The van der Waals surface area contributed by atoms with Gasteiger partial charge in [0.1, 0.15) is 6.54 Å². The maximum Gasteiger partial charge on any atom is 0.275 e. The Balaban J connectivity index is 1.55. The van der Waals surface area contributed by atoms with E-state index in [9.17, 15) is 4.79 Å². The second-order valence-electron chi connectivity index (χ2n) is 6.21. The zero-order valence-electron chi connectivity index (χ0n) is 13.3. The molecule has 3 rings (SSSR count). The number of amides is 1. The first kappa shape index (κ1) is 16.2. The molecule has 0 bridgehead atoms. The van der Waals surface area contributed by atoms with Gasteiger partial charge in [0.25, 0.3) is 5.91 Å². The van der Waals surface area contributed by atoms with Crippen LogP contribution in [0.2, 0.25) is 0 Å². The van der Waals surface area contributed by atoms with Crippen LogP contribution in [0.15, 0.2) is 53.0 Å². The van der Waals surface area contributed by atoms with Crippen LogP contribution in [0.4, 0.5) is 0 Å². The van der Waals surface area contributed by atoms with Crippen LogP contribution >= 0.6 is 15.9 Å². The molecule has 1 unspecified atom stereocenters. The van der Waals surface area contributed by atoms with Crippen LogP contribution < -0.4 is 10.2 Å². The fourth-order valence-corrected chi connectivity index (χ4v) is 3.41. The molecule has 0 aliphatic carbocycles. The Bertz CT molecular complexity index is 684. The molecule has 2 N–H and O–H groups in total. The van der Waals surface area contributed by atoms with Gasteiger partial charge in [-0.15, -0.1) is 0 Å². The highest BCUT2D eigenvalue weighted by molar-refractivity contribution is 9.10. The van der Waals surface area contributed by atoms with Crippen molar-refractivity contribution in [2.45, 2.75) is 25.9 Å². The summed E-state index contributed by atoms with van der Waals surface area (Å²) < 4.78 is 1.05. The van der Waals surface area contributed by atoms with Crippen molar-refractivity contribution in [2.24, 2.45) is 0 Å². The highest BCUT2D eigenvalue weighted by atomic mass is 79.9. The van der Waals surface area contributed by atoms with Gasteiger partial charge in [0, 0.05) is 16.5 Å². The summed E-state index contributed by atoms with van der Waals surface area (Å²) in [6, 6.07) is 16.7. The van der Waals surface area contributed by atoms with Crippen LogP contribution in [-0.4, -0.2) is 19.0 Å². The number of fused-ring (bicyclic) bond motifs is 1. The van der Waals surface area contributed by atoms with Gasteiger partial charge in [-0.2, -0.15) is 0 Å². The molecule has 0 radical (unpaired) electrons. The van der Waals surface area contributed by atoms with Crippen molar-refractivity contribution in [3.63, 3.8) is 0 Å². The molecule has 0 aromatic heterocycles. The van der Waals surface area contributed by atoms with Crippen LogP contribution in [0.25, 0.3) is 0 Å². The molecule has 0 saturated heterocycles. The molecule has 1 aliphatic rings.